The summed E-state index contributed by atoms with van der Waals surface area (Å²) in [6, 6.07) is 3.39. The molecule has 26 heavy (non-hydrogen) atoms. The lowest BCUT2D eigenvalue weighted by Gasteiger charge is -2.62. The van der Waals surface area contributed by atoms with Crippen molar-refractivity contribution in [1.82, 2.24) is 10.3 Å². The lowest BCUT2D eigenvalue weighted by Crippen LogP contribution is -2.74. The lowest BCUT2D eigenvalue weighted by molar-refractivity contribution is -0.166. The van der Waals surface area contributed by atoms with E-state index in [1.807, 2.05) is 54.5 Å². The molecule has 1 fully saturated rings. The van der Waals surface area contributed by atoms with Crippen molar-refractivity contribution in [3.8, 4) is 11.8 Å². The number of pyridine rings is 1. The zero-order chi connectivity index (χ0) is 19.9. The van der Waals surface area contributed by atoms with E-state index >= 15 is 0 Å². The number of carbonyl (C=O) groups excluding carboxylic acids is 1. The van der Waals surface area contributed by atoms with E-state index in [9.17, 15) is 4.79 Å². The van der Waals surface area contributed by atoms with Crippen molar-refractivity contribution in [2.75, 3.05) is 0 Å². The highest BCUT2D eigenvalue weighted by Gasteiger charge is 2.64. The van der Waals surface area contributed by atoms with E-state index in [0.717, 1.165) is 0 Å². The molecule has 2 rings (SSSR count). The first-order valence-electron chi connectivity index (χ1n) is 8.51. The molecule has 1 N–H and O–H groups in total. The molecule has 1 aliphatic carbocycles. The van der Waals surface area contributed by atoms with E-state index in [-0.39, 0.29) is 33.7 Å². The van der Waals surface area contributed by atoms with E-state index in [1.54, 1.807) is 6.07 Å². The molecule has 0 unspecified atom stereocenters. The Bertz CT molecular complexity index is 731. The first kappa shape index (κ1) is 20.3. The number of ether oxygens (including phenoxy) is 2. The summed E-state index contributed by atoms with van der Waals surface area (Å²) in [7, 11) is 0. The molecule has 0 aliphatic heterocycles. The predicted molar refractivity (Wildman–Crippen MR) is 99.1 cm³/mol. The quantitative estimate of drug-likeness (QED) is 0.845. The second-order valence-corrected chi connectivity index (χ2v) is 9.24. The van der Waals surface area contributed by atoms with E-state index in [0.29, 0.717) is 5.75 Å². The van der Waals surface area contributed by atoms with Crippen LogP contribution in [0.2, 0.25) is 5.02 Å². The standard InChI is InChI=1S/C19H26ClN3O3/c1-17(2,3)26-16(24)23-14-18(4,5)15(19(14,6)7)25-11-8-12(20)13(9-21)22-10-11/h8,10,14-15H,1-7H3,(H,23,24). The van der Waals surface area contributed by atoms with Gasteiger partial charge in [-0.15, -0.1) is 0 Å². The van der Waals surface area contributed by atoms with Crippen molar-refractivity contribution in [3.63, 3.8) is 0 Å². The van der Waals surface area contributed by atoms with Crippen LogP contribution in [0.1, 0.15) is 54.2 Å². The number of carbonyl (C=O) groups is 1. The van der Waals surface area contributed by atoms with Gasteiger partial charge in [0.05, 0.1) is 11.2 Å². The van der Waals surface area contributed by atoms with E-state index in [2.05, 4.69) is 10.3 Å². The van der Waals surface area contributed by atoms with Crippen molar-refractivity contribution < 1.29 is 14.3 Å². The van der Waals surface area contributed by atoms with Gasteiger partial charge in [0.25, 0.3) is 0 Å². The summed E-state index contributed by atoms with van der Waals surface area (Å²) in [4.78, 5) is 16.2. The van der Waals surface area contributed by atoms with Crippen molar-refractivity contribution in [3.05, 3.63) is 23.0 Å². The van der Waals surface area contributed by atoms with Gasteiger partial charge in [0, 0.05) is 22.9 Å². The summed E-state index contributed by atoms with van der Waals surface area (Å²) in [6.45, 7) is 13.6. The first-order valence-corrected chi connectivity index (χ1v) is 8.88. The van der Waals surface area contributed by atoms with Gasteiger partial charge < -0.3 is 14.8 Å². The maximum atomic E-state index is 12.2. The van der Waals surface area contributed by atoms with Crippen molar-refractivity contribution in [2.45, 2.75) is 66.2 Å². The van der Waals surface area contributed by atoms with E-state index in [4.69, 9.17) is 26.3 Å². The molecule has 1 aliphatic rings. The number of hydrogen-bond donors (Lipinski definition) is 1. The molecule has 0 saturated heterocycles. The molecule has 0 atom stereocenters. The molecule has 0 spiro atoms. The molecule has 1 amide bonds. The maximum Gasteiger partial charge on any atom is 0.407 e. The van der Waals surface area contributed by atoms with E-state index in [1.165, 1.54) is 6.20 Å². The molecule has 1 saturated carbocycles. The number of hydrogen-bond acceptors (Lipinski definition) is 5. The van der Waals surface area contributed by atoms with Gasteiger partial charge >= 0.3 is 6.09 Å². The second-order valence-electron chi connectivity index (χ2n) is 8.83. The molecule has 0 aromatic carbocycles. The molecule has 1 heterocycles. The van der Waals surface area contributed by atoms with Crippen LogP contribution >= 0.6 is 11.6 Å². The van der Waals surface area contributed by atoms with Crippen LogP contribution in [-0.4, -0.2) is 28.8 Å². The van der Waals surface area contributed by atoms with Gasteiger partial charge in [-0.05, 0) is 20.8 Å². The fourth-order valence-corrected chi connectivity index (χ4v) is 4.13. The average Bonchev–Trinajstić information content (AvgIpc) is 2.48. The molecule has 142 valence electrons. The molecule has 7 heteroatoms. The fourth-order valence-electron chi connectivity index (χ4n) is 3.93. The third kappa shape index (κ3) is 3.88. The van der Waals surface area contributed by atoms with Crippen LogP contribution in [0.3, 0.4) is 0 Å². The molecule has 1 aromatic rings. The molecule has 6 nitrogen and oxygen atoms in total. The highest BCUT2D eigenvalue weighted by Crippen LogP contribution is 2.55. The van der Waals surface area contributed by atoms with Crippen LogP contribution in [-0.2, 0) is 4.74 Å². The van der Waals surface area contributed by atoms with Gasteiger partial charge in [-0.1, -0.05) is 39.3 Å². The molecular weight excluding hydrogens is 354 g/mol. The predicted octanol–water partition coefficient (Wildman–Crippen LogP) is 4.31. The summed E-state index contributed by atoms with van der Waals surface area (Å²) in [5.74, 6) is 0.496. The highest BCUT2D eigenvalue weighted by molar-refractivity contribution is 6.31. The molecule has 0 radical (unpaired) electrons. The number of nitrogens with zero attached hydrogens (tertiary/aromatic N) is 2. The molecular formula is C19H26ClN3O3. The van der Waals surface area contributed by atoms with Gasteiger partial charge in [0.1, 0.15) is 23.5 Å². The first-order chi connectivity index (χ1) is 11.8. The van der Waals surface area contributed by atoms with Gasteiger partial charge in [0.2, 0.25) is 0 Å². The maximum absolute atomic E-state index is 12.2. The highest BCUT2D eigenvalue weighted by atomic mass is 35.5. The number of halogens is 1. The number of alkyl carbamates (subject to hydrolysis) is 1. The van der Waals surface area contributed by atoms with Crippen LogP contribution in [0.15, 0.2) is 12.3 Å². The number of aromatic nitrogens is 1. The third-order valence-electron chi connectivity index (χ3n) is 4.68. The number of amides is 1. The number of nitriles is 1. The Hall–Kier alpha value is -2.00. The Kier molecular flexibility index (Phi) is 5.17. The topological polar surface area (TPSA) is 84.2 Å². The minimum Gasteiger partial charge on any atom is -0.487 e. The van der Waals surface area contributed by atoms with Gasteiger partial charge in [-0.25, -0.2) is 9.78 Å². The Morgan fingerprint density at radius 2 is 1.88 bits per heavy atom. The normalized spacial score (nSPS) is 23.3. The fraction of sp³-hybridized carbons (Fsp3) is 0.632. The SMILES string of the molecule is CC(C)(C)OC(=O)NC1C(C)(C)C(Oc2cnc(C#N)c(Cl)c2)C1(C)C. The van der Waals surface area contributed by atoms with E-state index < -0.39 is 11.7 Å². The van der Waals surface area contributed by atoms with Crippen molar-refractivity contribution in [2.24, 2.45) is 10.8 Å². The molecule has 1 aromatic heterocycles. The Morgan fingerprint density at radius 3 is 2.35 bits per heavy atom. The van der Waals surface area contributed by atoms with Crippen LogP contribution < -0.4 is 10.1 Å². The summed E-state index contributed by atoms with van der Waals surface area (Å²) in [6.07, 6.45) is 0.872. The smallest absolute Gasteiger partial charge is 0.407 e. The van der Waals surface area contributed by atoms with Crippen LogP contribution in [0.4, 0.5) is 4.79 Å². The van der Waals surface area contributed by atoms with Gasteiger partial charge in [-0.2, -0.15) is 5.26 Å². The second kappa shape index (κ2) is 6.62. The zero-order valence-electron chi connectivity index (χ0n) is 16.3. The van der Waals surface area contributed by atoms with Gasteiger partial charge in [-0.3, -0.25) is 0 Å². The summed E-state index contributed by atoms with van der Waals surface area (Å²) >= 11 is 6.04. The Balaban J connectivity index is 2.14. The lowest BCUT2D eigenvalue weighted by atomic mass is 9.49. The van der Waals surface area contributed by atoms with Crippen molar-refractivity contribution >= 4 is 17.7 Å². The average molecular weight is 380 g/mol. The Labute approximate surface area is 159 Å². The largest absolute Gasteiger partial charge is 0.487 e. The summed E-state index contributed by atoms with van der Waals surface area (Å²) < 4.78 is 11.5. The van der Waals surface area contributed by atoms with Crippen LogP contribution in [0.25, 0.3) is 0 Å². The van der Waals surface area contributed by atoms with Crippen LogP contribution in [0, 0.1) is 22.2 Å². The van der Waals surface area contributed by atoms with Crippen LogP contribution in [0.5, 0.6) is 5.75 Å². The summed E-state index contributed by atoms with van der Waals surface area (Å²) in [5, 5.41) is 12.2. The zero-order valence-corrected chi connectivity index (χ0v) is 17.1. The number of rotatable bonds is 3. The minimum absolute atomic E-state index is 0.128. The van der Waals surface area contributed by atoms with Gasteiger partial charge in [0.15, 0.2) is 5.69 Å². The minimum atomic E-state index is -0.553. The molecule has 0 bridgehead atoms. The number of nitrogens with one attached hydrogen (secondary N) is 1. The monoisotopic (exact) mass is 379 g/mol. The Morgan fingerprint density at radius 1 is 1.31 bits per heavy atom. The third-order valence-corrected chi connectivity index (χ3v) is 4.96. The van der Waals surface area contributed by atoms with Crippen molar-refractivity contribution in [1.29, 1.82) is 5.26 Å². The summed E-state index contributed by atoms with van der Waals surface area (Å²) in [5.41, 5.74) is -1.06.